The third kappa shape index (κ3) is 3.15. The Balaban J connectivity index is 2.03. The summed E-state index contributed by atoms with van der Waals surface area (Å²) in [4.78, 5) is 25.4. The van der Waals surface area contributed by atoms with E-state index in [0.29, 0.717) is 34.1 Å². The zero-order chi connectivity index (χ0) is 18.7. The van der Waals surface area contributed by atoms with Gasteiger partial charge >= 0.3 is 5.97 Å². The Bertz CT molecular complexity index is 827. The van der Waals surface area contributed by atoms with Crippen molar-refractivity contribution in [3.8, 4) is 23.0 Å². The monoisotopic (exact) mass is 358 g/mol. The predicted octanol–water partition coefficient (Wildman–Crippen LogP) is 2.57. The van der Waals surface area contributed by atoms with E-state index in [2.05, 4.69) is 0 Å². The summed E-state index contributed by atoms with van der Waals surface area (Å²) >= 11 is 0. The number of fused-ring (bicyclic) bond motifs is 1. The highest BCUT2D eigenvalue weighted by Gasteiger charge is 2.33. The molecule has 0 spiro atoms. The molecule has 1 heterocycles. The van der Waals surface area contributed by atoms with Crippen LogP contribution in [0.3, 0.4) is 0 Å². The van der Waals surface area contributed by atoms with E-state index in [9.17, 15) is 9.59 Å². The number of carbonyl (C=O) groups excluding carboxylic acids is 2. The van der Waals surface area contributed by atoms with Gasteiger partial charge in [0.1, 0.15) is 11.7 Å². The first-order valence-corrected chi connectivity index (χ1v) is 7.82. The Morgan fingerprint density at radius 3 is 2.35 bits per heavy atom. The van der Waals surface area contributed by atoms with Crippen LogP contribution < -0.4 is 18.9 Å². The maximum absolute atomic E-state index is 13.0. The molecule has 0 N–H and O–H groups in total. The highest BCUT2D eigenvalue weighted by molar-refractivity contribution is 6.13. The minimum absolute atomic E-state index is 0.0461. The van der Waals surface area contributed by atoms with Crippen LogP contribution in [0.25, 0.3) is 0 Å². The predicted molar refractivity (Wildman–Crippen MR) is 91.2 cm³/mol. The number of ether oxygens (including phenoxy) is 5. The normalized spacial score (nSPS) is 13.0. The number of hydrogen-bond acceptors (Lipinski definition) is 7. The van der Waals surface area contributed by atoms with Crippen LogP contribution in [-0.4, -0.2) is 39.9 Å². The molecule has 2 aromatic rings. The molecule has 0 saturated heterocycles. The number of carbonyl (C=O) groups is 2. The fourth-order valence-corrected chi connectivity index (χ4v) is 2.75. The average Bonchev–Trinajstić information content (AvgIpc) is 3.16. The highest BCUT2D eigenvalue weighted by Crippen LogP contribution is 2.43. The quantitative estimate of drug-likeness (QED) is 0.446. The van der Waals surface area contributed by atoms with Gasteiger partial charge in [-0.3, -0.25) is 9.59 Å². The minimum Gasteiger partial charge on any atom is -0.497 e. The first kappa shape index (κ1) is 17.6. The van der Waals surface area contributed by atoms with E-state index in [4.69, 9.17) is 23.7 Å². The van der Waals surface area contributed by atoms with Crippen LogP contribution in [-0.2, 0) is 9.53 Å². The number of Topliss-reactive ketones (excluding diaryl/α,β-unsaturated/α-hetero) is 1. The fraction of sp³-hybridized carbons (Fsp3) is 0.263. The second-order valence-electron chi connectivity index (χ2n) is 5.51. The Morgan fingerprint density at radius 2 is 1.73 bits per heavy atom. The van der Waals surface area contributed by atoms with Gasteiger partial charge in [0, 0.05) is 5.56 Å². The van der Waals surface area contributed by atoms with E-state index in [1.54, 1.807) is 36.4 Å². The third-order valence-electron chi connectivity index (χ3n) is 4.09. The van der Waals surface area contributed by atoms with Crippen LogP contribution in [0.2, 0.25) is 0 Å². The summed E-state index contributed by atoms with van der Waals surface area (Å²) < 4.78 is 26.0. The summed E-state index contributed by atoms with van der Waals surface area (Å²) in [5, 5.41) is 0. The van der Waals surface area contributed by atoms with Crippen molar-refractivity contribution < 1.29 is 33.3 Å². The van der Waals surface area contributed by atoms with E-state index in [1.165, 1.54) is 21.3 Å². The molecule has 0 aliphatic carbocycles. The zero-order valence-electron chi connectivity index (χ0n) is 14.6. The smallest absolute Gasteiger partial charge is 0.321 e. The minimum atomic E-state index is -1.16. The molecule has 26 heavy (non-hydrogen) atoms. The molecule has 2 aromatic carbocycles. The third-order valence-corrected chi connectivity index (χ3v) is 4.09. The number of methoxy groups -OCH3 is 3. The van der Waals surface area contributed by atoms with Crippen molar-refractivity contribution in [2.24, 2.45) is 0 Å². The van der Waals surface area contributed by atoms with Crippen LogP contribution >= 0.6 is 0 Å². The summed E-state index contributed by atoms with van der Waals surface area (Å²) in [5.74, 6) is -0.385. The SMILES string of the molecule is COC(=O)C(C(=O)c1ccc(OC)cc1)c1cc(OC)c2c(c1)OCO2. The molecule has 7 nitrogen and oxygen atoms in total. The number of ketones is 1. The van der Waals surface area contributed by atoms with Gasteiger partial charge in [0.2, 0.25) is 12.5 Å². The molecule has 1 aliphatic heterocycles. The van der Waals surface area contributed by atoms with Crippen LogP contribution in [0.5, 0.6) is 23.0 Å². The van der Waals surface area contributed by atoms with Gasteiger partial charge in [0.15, 0.2) is 17.3 Å². The maximum Gasteiger partial charge on any atom is 0.321 e. The lowest BCUT2D eigenvalue weighted by atomic mass is 9.90. The molecule has 1 aliphatic rings. The molecule has 0 bridgehead atoms. The van der Waals surface area contributed by atoms with E-state index in [1.807, 2.05) is 0 Å². The molecule has 1 atom stereocenters. The van der Waals surface area contributed by atoms with Gasteiger partial charge < -0.3 is 23.7 Å². The van der Waals surface area contributed by atoms with Crippen molar-refractivity contribution in [1.82, 2.24) is 0 Å². The summed E-state index contributed by atoms with van der Waals surface area (Å²) in [5.41, 5.74) is 0.761. The summed E-state index contributed by atoms with van der Waals surface area (Å²) in [6.45, 7) is 0.0461. The van der Waals surface area contributed by atoms with E-state index in [0.717, 1.165) is 0 Å². The molecule has 136 valence electrons. The van der Waals surface area contributed by atoms with Crippen molar-refractivity contribution in [3.05, 3.63) is 47.5 Å². The van der Waals surface area contributed by atoms with Crippen LogP contribution in [0.15, 0.2) is 36.4 Å². The second-order valence-corrected chi connectivity index (χ2v) is 5.51. The van der Waals surface area contributed by atoms with Gasteiger partial charge in [0.25, 0.3) is 0 Å². The zero-order valence-corrected chi connectivity index (χ0v) is 14.6. The summed E-state index contributed by atoms with van der Waals surface area (Å²) in [6.07, 6.45) is 0. The van der Waals surface area contributed by atoms with Crippen molar-refractivity contribution >= 4 is 11.8 Å². The number of benzene rings is 2. The van der Waals surface area contributed by atoms with Crippen molar-refractivity contribution in [1.29, 1.82) is 0 Å². The fourth-order valence-electron chi connectivity index (χ4n) is 2.75. The molecule has 1 unspecified atom stereocenters. The lowest BCUT2D eigenvalue weighted by Crippen LogP contribution is -2.23. The Morgan fingerprint density at radius 1 is 1.00 bits per heavy atom. The van der Waals surface area contributed by atoms with Crippen molar-refractivity contribution in [3.63, 3.8) is 0 Å². The van der Waals surface area contributed by atoms with Gasteiger partial charge in [-0.25, -0.2) is 0 Å². The summed E-state index contributed by atoms with van der Waals surface area (Å²) in [7, 11) is 4.24. The van der Waals surface area contributed by atoms with Crippen molar-refractivity contribution in [2.75, 3.05) is 28.1 Å². The molecular weight excluding hydrogens is 340 g/mol. The highest BCUT2D eigenvalue weighted by atomic mass is 16.7. The first-order chi connectivity index (χ1) is 12.6. The van der Waals surface area contributed by atoms with E-state index < -0.39 is 17.7 Å². The number of hydrogen-bond donors (Lipinski definition) is 0. The topological polar surface area (TPSA) is 80.3 Å². The Labute approximate surface area is 150 Å². The number of rotatable bonds is 6. The standard InChI is InChI=1S/C19H18O7/c1-22-13-6-4-11(5-7-13)17(20)16(19(21)24-3)12-8-14(23-2)18-15(9-12)25-10-26-18/h4-9,16H,10H2,1-3H3. The van der Waals surface area contributed by atoms with Crippen LogP contribution in [0.1, 0.15) is 21.8 Å². The molecule has 0 saturated carbocycles. The van der Waals surface area contributed by atoms with Gasteiger partial charge in [0.05, 0.1) is 21.3 Å². The molecule has 0 fully saturated rings. The molecule has 0 radical (unpaired) electrons. The lowest BCUT2D eigenvalue weighted by molar-refractivity contribution is -0.141. The van der Waals surface area contributed by atoms with E-state index >= 15 is 0 Å². The average molecular weight is 358 g/mol. The Kier molecular flexibility index (Phi) is 4.97. The van der Waals surface area contributed by atoms with E-state index in [-0.39, 0.29) is 6.79 Å². The van der Waals surface area contributed by atoms with Crippen molar-refractivity contribution in [2.45, 2.75) is 5.92 Å². The molecule has 0 aromatic heterocycles. The molecule has 3 rings (SSSR count). The Hall–Kier alpha value is -3.22. The summed E-state index contributed by atoms with van der Waals surface area (Å²) in [6, 6.07) is 9.68. The molecule has 0 amide bonds. The van der Waals surface area contributed by atoms with Gasteiger partial charge in [-0.15, -0.1) is 0 Å². The van der Waals surface area contributed by atoms with Gasteiger partial charge in [-0.1, -0.05) is 0 Å². The lowest BCUT2D eigenvalue weighted by Gasteiger charge is -2.16. The maximum atomic E-state index is 13.0. The first-order valence-electron chi connectivity index (χ1n) is 7.82. The second kappa shape index (κ2) is 7.35. The molecule has 7 heteroatoms. The van der Waals surface area contributed by atoms with Crippen LogP contribution in [0.4, 0.5) is 0 Å². The van der Waals surface area contributed by atoms with Gasteiger partial charge in [-0.2, -0.15) is 0 Å². The largest absolute Gasteiger partial charge is 0.497 e. The number of esters is 1. The van der Waals surface area contributed by atoms with Gasteiger partial charge in [-0.05, 0) is 42.0 Å². The molecular formula is C19H18O7. The van der Waals surface area contributed by atoms with Crippen LogP contribution in [0, 0.1) is 0 Å².